The first-order valence-corrected chi connectivity index (χ1v) is 6.07. The van der Waals surface area contributed by atoms with Crippen LogP contribution in [0.2, 0.25) is 0 Å². The summed E-state index contributed by atoms with van der Waals surface area (Å²) in [6.45, 7) is 6.67. The molecule has 0 saturated carbocycles. The lowest BCUT2D eigenvalue weighted by Gasteiger charge is -2.23. The lowest BCUT2D eigenvalue weighted by Crippen LogP contribution is -2.15. The molecule has 2 N–H and O–H groups in total. The molecule has 0 atom stereocenters. The minimum Gasteiger partial charge on any atom is -0.457 e. The zero-order chi connectivity index (χ0) is 14.1. The third-order valence-electron chi connectivity index (χ3n) is 3.04. The minimum atomic E-state index is 0.0557. The van der Waals surface area contributed by atoms with E-state index in [0.29, 0.717) is 0 Å². The van der Waals surface area contributed by atoms with E-state index in [2.05, 4.69) is 48.5 Å². The van der Waals surface area contributed by atoms with Gasteiger partial charge < -0.3 is 15.3 Å². The molecule has 1 aromatic carbocycles. The van der Waals surface area contributed by atoms with Crippen molar-refractivity contribution in [3.8, 4) is 5.75 Å². The fourth-order valence-corrected chi connectivity index (χ4v) is 1.42. The van der Waals surface area contributed by atoms with Gasteiger partial charge in [0.2, 0.25) is 13.2 Å². The van der Waals surface area contributed by atoms with E-state index in [1.807, 2.05) is 12.1 Å². The summed E-state index contributed by atoms with van der Waals surface area (Å²) < 4.78 is 10.3. The van der Waals surface area contributed by atoms with E-state index in [1.165, 1.54) is 5.56 Å². The summed E-state index contributed by atoms with van der Waals surface area (Å²) >= 11 is 0. The normalized spacial score (nSPS) is 12.2. The van der Waals surface area contributed by atoms with E-state index in [1.54, 1.807) is 0 Å². The second kappa shape index (κ2) is 7.35. The van der Waals surface area contributed by atoms with Crippen LogP contribution in [0.3, 0.4) is 0 Å². The van der Waals surface area contributed by atoms with Gasteiger partial charge in [0.1, 0.15) is 5.75 Å². The second-order valence-electron chi connectivity index (χ2n) is 4.62. The van der Waals surface area contributed by atoms with Gasteiger partial charge in [0.15, 0.2) is 0 Å². The number of nitrogens with two attached hydrogens (primary N) is 1. The Morgan fingerprint density at radius 2 is 1.95 bits per heavy atom. The molecule has 0 aromatic heterocycles. The highest BCUT2D eigenvalue weighted by Gasteiger charge is 2.17. The van der Waals surface area contributed by atoms with Gasteiger partial charge in [-0.05, 0) is 34.8 Å². The van der Waals surface area contributed by atoms with Crippen molar-refractivity contribution in [1.29, 1.82) is 0 Å². The molecule has 104 valence electrons. The Kier molecular flexibility index (Phi) is 5.78. The number of benzene rings is 1. The first-order chi connectivity index (χ1) is 9.10. The van der Waals surface area contributed by atoms with Gasteiger partial charge in [-0.3, -0.25) is 0 Å². The van der Waals surface area contributed by atoms with Gasteiger partial charge >= 0.3 is 0 Å². The highest BCUT2D eigenvalue weighted by molar-refractivity contribution is 5.45. The quantitative estimate of drug-likeness (QED) is 0.156. The molecule has 0 amide bonds. The molecule has 0 bridgehead atoms. The van der Waals surface area contributed by atoms with Crippen molar-refractivity contribution in [1.82, 2.24) is 0 Å². The van der Waals surface area contributed by atoms with Crippen LogP contribution >= 0.6 is 0 Å². The van der Waals surface area contributed by atoms with E-state index in [0.717, 1.165) is 18.6 Å². The van der Waals surface area contributed by atoms with E-state index < -0.39 is 0 Å². The Balaban J connectivity index is 2.45. The number of rotatable bonds is 7. The molecular weight excluding hydrogens is 244 g/mol. The number of hydrogen-bond acceptors (Lipinski definition) is 4. The molecule has 6 nitrogen and oxygen atoms in total. The zero-order valence-corrected chi connectivity index (χ0v) is 11.5. The topological polar surface area (TPSA) is 81.6 Å². The van der Waals surface area contributed by atoms with Crippen molar-refractivity contribution in [3.05, 3.63) is 29.8 Å². The van der Waals surface area contributed by atoms with Gasteiger partial charge in [0.05, 0.1) is 0 Å². The Labute approximate surface area is 113 Å². The van der Waals surface area contributed by atoms with Crippen molar-refractivity contribution in [3.63, 3.8) is 0 Å². The first-order valence-electron chi connectivity index (χ1n) is 6.07. The summed E-state index contributed by atoms with van der Waals surface area (Å²) in [7, 11) is 0. The van der Waals surface area contributed by atoms with E-state index in [4.69, 9.17) is 15.3 Å². The Morgan fingerprint density at radius 3 is 2.53 bits per heavy atom. The summed E-state index contributed by atoms with van der Waals surface area (Å²) in [5.74, 6) is 5.49. The zero-order valence-electron chi connectivity index (χ0n) is 11.5. The van der Waals surface area contributed by atoms with Crippen molar-refractivity contribution in [2.24, 2.45) is 21.4 Å². The minimum absolute atomic E-state index is 0.0557. The van der Waals surface area contributed by atoms with E-state index in [-0.39, 0.29) is 12.2 Å². The molecule has 0 unspecified atom stereocenters. The monoisotopic (exact) mass is 264 g/mol. The lowest BCUT2D eigenvalue weighted by molar-refractivity contribution is 0.116. The molecule has 1 rings (SSSR count). The fraction of sp³-hybridized carbons (Fsp3) is 0.462. The Morgan fingerprint density at radius 1 is 1.26 bits per heavy atom. The summed E-state index contributed by atoms with van der Waals surface area (Å²) in [4.78, 5) is 0. The molecule has 1 aromatic rings. The van der Waals surface area contributed by atoms with Crippen molar-refractivity contribution >= 4 is 6.40 Å². The fourth-order valence-electron chi connectivity index (χ4n) is 1.42. The first kappa shape index (κ1) is 14.9. The number of ether oxygens (including phenoxy) is 2. The van der Waals surface area contributed by atoms with Gasteiger partial charge in [-0.1, -0.05) is 43.2 Å². The van der Waals surface area contributed by atoms with Gasteiger partial charge in [-0.2, -0.15) is 0 Å². The van der Waals surface area contributed by atoms with Crippen LogP contribution in [0.5, 0.6) is 5.75 Å². The molecule has 0 saturated heterocycles. The molecule has 0 aliphatic heterocycles. The van der Waals surface area contributed by atoms with Gasteiger partial charge in [0, 0.05) is 0 Å². The average Bonchev–Trinajstić information content (AvgIpc) is 2.43. The summed E-state index contributed by atoms with van der Waals surface area (Å²) in [6, 6.07) is 7.98. The van der Waals surface area contributed by atoms with Crippen LogP contribution in [-0.2, 0) is 10.2 Å². The summed E-state index contributed by atoms with van der Waals surface area (Å²) in [6.07, 6.45) is 2.20. The van der Waals surface area contributed by atoms with Crippen LogP contribution in [0, 0.1) is 0 Å². The molecule has 0 fully saturated rings. The van der Waals surface area contributed by atoms with Crippen LogP contribution in [-0.4, -0.2) is 13.2 Å². The molecule has 0 spiro atoms. The standard InChI is InChI=1S/C13H20N4O2/c1-4-13(2,3)11-5-7-12(8-6-11)19-10-18-9-15-17-16-14/h5-9H,4,10H2,1-3H3,(H2,14,17). The van der Waals surface area contributed by atoms with Gasteiger partial charge in [-0.15, -0.1) is 0 Å². The lowest BCUT2D eigenvalue weighted by atomic mass is 9.82. The van der Waals surface area contributed by atoms with E-state index >= 15 is 0 Å². The third-order valence-corrected chi connectivity index (χ3v) is 3.04. The Bertz CT molecular complexity index is 427. The van der Waals surface area contributed by atoms with Gasteiger partial charge in [0.25, 0.3) is 0 Å². The van der Waals surface area contributed by atoms with Crippen LogP contribution in [0.4, 0.5) is 0 Å². The molecule has 0 radical (unpaired) electrons. The predicted octanol–water partition coefficient (Wildman–Crippen LogP) is 3.00. The molecule has 0 aliphatic carbocycles. The number of hydrogen-bond donors (Lipinski definition) is 1. The molecule has 19 heavy (non-hydrogen) atoms. The highest BCUT2D eigenvalue weighted by Crippen LogP contribution is 2.27. The largest absolute Gasteiger partial charge is 0.457 e. The van der Waals surface area contributed by atoms with Crippen molar-refractivity contribution in [2.45, 2.75) is 32.6 Å². The SMILES string of the molecule is CCC(C)(C)c1ccc(OCOC=NN=NN)cc1. The third kappa shape index (κ3) is 4.95. The smallest absolute Gasteiger partial charge is 0.232 e. The van der Waals surface area contributed by atoms with Crippen molar-refractivity contribution < 1.29 is 9.47 Å². The second-order valence-corrected chi connectivity index (χ2v) is 4.62. The maximum absolute atomic E-state index is 5.37. The summed E-state index contributed by atoms with van der Waals surface area (Å²) in [5.41, 5.74) is 1.46. The maximum Gasteiger partial charge on any atom is 0.232 e. The molecule has 0 aliphatic rings. The van der Waals surface area contributed by atoms with Gasteiger partial charge in [-0.25, -0.2) is 0 Å². The number of nitrogens with zero attached hydrogens (tertiary/aromatic N) is 3. The Hall–Kier alpha value is -2.11. The van der Waals surface area contributed by atoms with Crippen LogP contribution < -0.4 is 10.6 Å². The van der Waals surface area contributed by atoms with Crippen molar-refractivity contribution in [2.75, 3.05) is 6.79 Å². The van der Waals surface area contributed by atoms with Crippen LogP contribution in [0.25, 0.3) is 0 Å². The highest BCUT2D eigenvalue weighted by atomic mass is 16.7. The van der Waals surface area contributed by atoms with Crippen LogP contribution in [0.15, 0.2) is 39.8 Å². The molecule has 6 heteroatoms. The molecular formula is C13H20N4O2. The predicted molar refractivity (Wildman–Crippen MR) is 73.9 cm³/mol. The maximum atomic E-state index is 5.37. The molecule has 0 heterocycles. The van der Waals surface area contributed by atoms with Crippen LogP contribution in [0.1, 0.15) is 32.8 Å². The van der Waals surface area contributed by atoms with E-state index in [9.17, 15) is 0 Å². The average molecular weight is 264 g/mol. The summed E-state index contributed by atoms with van der Waals surface area (Å²) in [5, 5.41) is 9.48.